The van der Waals surface area contributed by atoms with Gasteiger partial charge in [0.15, 0.2) is 0 Å². The minimum Gasteiger partial charge on any atom is -0.396 e. The number of hydrogen-bond acceptors (Lipinski definition) is 6. The van der Waals surface area contributed by atoms with Crippen LogP contribution in [0.1, 0.15) is 66.7 Å². The molecule has 0 aromatic rings. The topological polar surface area (TPSA) is 121 Å². The lowest BCUT2D eigenvalue weighted by atomic mass is 9.78. The van der Waals surface area contributed by atoms with Gasteiger partial charge in [-0.05, 0) is 11.8 Å². The van der Waals surface area contributed by atoms with Crippen LogP contribution in [0.3, 0.4) is 0 Å². The minimum absolute atomic E-state index is 0.156. The van der Waals surface area contributed by atoms with Crippen molar-refractivity contribution in [3.63, 3.8) is 0 Å². The number of aliphatic hydroxyl groups excluding tert-OH is 6. The molecule has 0 fully saturated rings. The van der Waals surface area contributed by atoms with Crippen molar-refractivity contribution >= 4 is 0 Å². The summed E-state index contributed by atoms with van der Waals surface area (Å²) >= 11 is 0. The molecule has 0 spiro atoms. The molecule has 0 rings (SSSR count). The molecule has 0 aromatic carbocycles. The Morgan fingerprint density at radius 2 is 0.792 bits per heavy atom. The van der Waals surface area contributed by atoms with E-state index in [4.69, 9.17) is 30.6 Å². The summed E-state index contributed by atoms with van der Waals surface area (Å²) in [6, 6.07) is 0. The molecule has 6 N–H and O–H groups in total. The van der Waals surface area contributed by atoms with Crippen molar-refractivity contribution < 1.29 is 30.6 Å². The maximum absolute atomic E-state index is 8.66. The van der Waals surface area contributed by atoms with Crippen LogP contribution >= 0.6 is 0 Å². The highest BCUT2D eigenvalue weighted by Crippen LogP contribution is 2.33. The molecule has 24 heavy (non-hydrogen) atoms. The van der Waals surface area contributed by atoms with Crippen LogP contribution in [0.15, 0.2) is 0 Å². The first-order chi connectivity index (χ1) is 11.3. The summed E-state index contributed by atoms with van der Waals surface area (Å²) < 4.78 is 0. The second-order valence-corrected chi connectivity index (χ2v) is 6.26. The van der Waals surface area contributed by atoms with Crippen LogP contribution in [-0.2, 0) is 0 Å². The molecular formula is C18H42O6. The average Bonchev–Trinajstić information content (AvgIpc) is 2.67. The van der Waals surface area contributed by atoms with Crippen molar-refractivity contribution in [2.24, 2.45) is 10.8 Å². The van der Waals surface area contributed by atoms with Crippen LogP contribution in [0, 0.1) is 10.8 Å². The Kier molecular flexibility index (Phi) is 20.9. The molecular weight excluding hydrogens is 312 g/mol. The first-order valence-corrected chi connectivity index (χ1v) is 9.02. The average molecular weight is 355 g/mol. The van der Waals surface area contributed by atoms with Gasteiger partial charge >= 0.3 is 0 Å². The second kappa shape index (κ2) is 17.6. The second-order valence-electron chi connectivity index (χ2n) is 6.26. The predicted molar refractivity (Wildman–Crippen MR) is 97.8 cm³/mol. The predicted octanol–water partition coefficient (Wildman–Crippen LogP) is 1.30. The fourth-order valence-corrected chi connectivity index (χ4v) is 2.04. The van der Waals surface area contributed by atoms with E-state index in [2.05, 4.69) is 27.7 Å². The van der Waals surface area contributed by atoms with Crippen LogP contribution in [0.25, 0.3) is 0 Å². The summed E-state index contributed by atoms with van der Waals surface area (Å²) in [7, 11) is 0. The molecule has 0 heterocycles. The Balaban J connectivity index is -0.000000282. The summed E-state index contributed by atoms with van der Waals surface area (Å²) in [5, 5.41) is 50.0. The third-order valence-corrected chi connectivity index (χ3v) is 5.18. The zero-order valence-electron chi connectivity index (χ0n) is 16.3. The molecule has 0 aliphatic carbocycles. The maximum atomic E-state index is 8.66. The molecule has 0 bridgehead atoms. The summed E-state index contributed by atoms with van der Waals surface area (Å²) in [4.78, 5) is 0. The smallest absolute Gasteiger partial charge is 0.100 e. The van der Waals surface area contributed by atoms with Crippen molar-refractivity contribution in [1.82, 2.24) is 0 Å². The van der Waals surface area contributed by atoms with Gasteiger partial charge in [-0.3, -0.25) is 0 Å². The highest BCUT2D eigenvalue weighted by Gasteiger charge is 2.24. The molecule has 0 aliphatic rings. The van der Waals surface area contributed by atoms with E-state index in [1.165, 1.54) is 25.7 Å². The SMILES string of the molecule is CCC(CC)(CC)CC.CCC(CO)(CO)CO.OCC(O)CO. The molecule has 0 radical (unpaired) electrons. The third-order valence-electron chi connectivity index (χ3n) is 5.18. The van der Waals surface area contributed by atoms with Gasteiger partial charge in [0.2, 0.25) is 0 Å². The first kappa shape index (κ1) is 28.6. The molecule has 6 heteroatoms. The van der Waals surface area contributed by atoms with Crippen molar-refractivity contribution in [3.05, 3.63) is 0 Å². The Morgan fingerprint density at radius 3 is 0.792 bits per heavy atom. The Hall–Kier alpha value is -0.240. The number of rotatable bonds is 10. The van der Waals surface area contributed by atoms with Crippen molar-refractivity contribution in [2.75, 3.05) is 33.0 Å². The fraction of sp³-hybridized carbons (Fsp3) is 1.00. The summed E-state index contributed by atoms with van der Waals surface area (Å²) in [5.41, 5.74) is 0.000000000000000222. The Labute approximate surface area is 148 Å². The molecule has 0 amide bonds. The summed E-state index contributed by atoms with van der Waals surface area (Å²) in [5.74, 6) is 0. The van der Waals surface area contributed by atoms with Gasteiger partial charge in [0.1, 0.15) is 6.10 Å². The van der Waals surface area contributed by atoms with Gasteiger partial charge in [-0.1, -0.05) is 60.3 Å². The van der Waals surface area contributed by atoms with E-state index in [1.807, 2.05) is 6.92 Å². The molecule has 0 aliphatic heterocycles. The van der Waals surface area contributed by atoms with E-state index in [-0.39, 0.29) is 33.0 Å². The van der Waals surface area contributed by atoms with Crippen LogP contribution in [0.5, 0.6) is 0 Å². The zero-order chi connectivity index (χ0) is 19.6. The van der Waals surface area contributed by atoms with E-state index in [9.17, 15) is 0 Å². The quantitative estimate of drug-likeness (QED) is 0.352. The first-order valence-electron chi connectivity index (χ1n) is 9.02. The fourth-order valence-electron chi connectivity index (χ4n) is 2.04. The van der Waals surface area contributed by atoms with Gasteiger partial charge in [-0.2, -0.15) is 0 Å². The highest BCUT2D eigenvalue weighted by atomic mass is 16.3. The van der Waals surface area contributed by atoms with Gasteiger partial charge < -0.3 is 30.6 Å². The minimum atomic E-state index is -0.954. The van der Waals surface area contributed by atoms with Gasteiger partial charge in [0.25, 0.3) is 0 Å². The van der Waals surface area contributed by atoms with Crippen molar-refractivity contribution in [2.45, 2.75) is 72.8 Å². The molecule has 0 unspecified atom stereocenters. The van der Waals surface area contributed by atoms with Crippen LogP contribution in [-0.4, -0.2) is 69.8 Å². The van der Waals surface area contributed by atoms with Gasteiger partial charge in [0.05, 0.1) is 33.0 Å². The standard InChI is InChI=1S/C9H20.C6H14O3.C3H8O3/c1-5-9(6-2,7-3)8-4;1-2-6(3-7,4-8)5-9;4-1-3(6)2-5/h5-8H2,1-4H3;7-9H,2-5H2,1H3;3-6H,1-2H2. The molecule has 0 saturated heterocycles. The van der Waals surface area contributed by atoms with E-state index >= 15 is 0 Å². The lowest BCUT2D eigenvalue weighted by molar-refractivity contribution is 0.00304. The summed E-state index contributed by atoms with van der Waals surface area (Å²) in [6.45, 7) is 9.83. The molecule has 0 atom stereocenters. The van der Waals surface area contributed by atoms with Crippen LogP contribution < -0.4 is 0 Å². The highest BCUT2D eigenvalue weighted by molar-refractivity contribution is 4.74. The lowest BCUT2D eigenvalue weighted by Gasteiger charge is -2.28. The number of aliphatic hydroxyl groups is 6. The van der Waals surface area contributed by atoms with E-state index in [0.717, 1.165) is 0 Å². The molecule has 0 aromatic heterocycles. The van der Waals surface area contributed by atoms with Crippen LogP contribution in [0.4, 0.5) is 0 Å². The maximum Gasteiger partial charge on any atom is 0.100 e. The lowest BCUT2D eigenvalue weighted by Crippen LogP contribution is -2.32. The largest absolute Gasteiger partial charge is 0.396 e. The Morgan fingerprint density at radius 1 is 0.542 bits per heavy atom. The van der Waals surface area contributed by atoms with Gasteiger partial charge in [0, 0.05) is 5.41 Å². The normalized spacial score (nSPS) is 11.5. The van der Waals surface area contributed by atoms with Gasteiger partial charge in [-0.15, -0.1) is 0 Å². The molecule has 6 nitrogen and oxygen atoms in total. The van der Waals surface area contributed by atoms with Crippen molar-refractivity contribution in [3.8, 4) is 0 Å². The van der Waals surface area contributed by atoms with Crippen LogP contribution in [0.2, 0.25) is 0 Å². The van der Waals surface area contributed by atoms with Gasteiger partial charge in [-0.25, -0.2) is 0 Å². The van der Waals surface area contributed by atoms with E-state index in [1.54, 1.807) is 0 Å². The third kappa shape index (κ3) is 12.2. The monoisotopic (exact) mass is 354 g/mol. The molecule has 150 valence electrons. The molecule has 0 saturated carbocycles. The van der Waals surface area contributed by atoms with E-state index < -0.39 is 11.5 Å². The van der Waals surface area contributed by atoms with Crippen molar-refractivity contribution in [1.29, 1.82) is 0 Å². The Bertz CT molecular complexity index is 181. The zero-order valence-corrected chi connectivity index (χ0v) is 16.3. The summed E-state index contributed by atoms with van der Waals surface area (Å²) in [6.07, 6.45) is 5.02. The van der Waals surface area contributed by atoms with E-state index in [0.29, 0.717) is 11.8 Å². The number of hydrogen-bond donors (Lipinski definition) is 6.